The van der Waals surface area contributed by atoms with Crippen LogP contribution >= 0.6 is 11.8 Å². The van der Waals surface area contributed by atoms with Crippen molar-refractivity contribution in [1.82, 2.24) is 20.2 Å². The summed E-state index contributed by atoms with van der Waals surface area (Å²) in [7, 11) is 0. The van der Waals surface area contributed by atoms with E-state index in [1.54, 1.807) is 11.8 Å². The number of thioether (sulfide) groups is 1. The van der Waals surface area contributed by atoms with Crippen molar-refractivity contribution < 1.29 is 5.11 Å². The van der Waals surface area contributed by atoms with E-state index in [1.807, 2.05) is 29.8 Å². The standard InChI is InChI=1S/C13H18N4OS/c1-11(8-18)9-19-10-13-14-15-16-17(13)7-12-5-3-2-4-6-12/h2-6,11,18H,7-10H2,1H3. The molecule has 0 fully saturated rings. The zero-order chi connectivity index (χ0) is 13.5. The van der Waals surface area contributed by atoms with Crippen molar-refractivity contribution in [2.24, 2.45) is 5.92 Å². The molecular weight excluding hydrogens is 260 g/mol. The van der Waals surface area contributed by atoms with Gasteiger partial charge in [-0.25, -0.2) is 4.68 Å². The van der Waals surface area contributed by atoms with Gasteiger partial charge in [-0.05, 0) is 27.7 Å². The van der Waals surface area contributed by atoms with E-state index in [0.29, 0.717) is 12.5 Å². The Balaban J connectivity index is 1.91. The van der Waals surface area contributed by atoms with E-state index in [0.717, 1.165) is 17.3 Å². The maximum absolute atomic E-state index is 8.98. The number of aliphatic hydroxyl groups excluding tert-OH is 1. The quantitative estimate of drug-likeness (QED) is 0.833. The number of benzene rings is 1. The molecule has 1 atom stereocenters. The second kappa shape index (κ2) is 7.25. The van der Waals surface area contributed by atoms with Crippen molar-refractivity contribution in [2.75, 3.05) is 12.4 Å². The first-order valence-electron chi connectivity index (χ1n) is 6.27. The fourth-order valence-electron chi connectivity index (χ4n) is 1.61. The summed E-state index contributed by atoms with van der Waals surface area (Å²) in [5.41, 5.74) is 1.18. The van der Waals surface area contributed by atoms with Gasteiger partial charge in [0, 0.05) is 6.61 Å². The van der Waals surface area contributed by atoms with Crippen LogP contribution in [-0.4, -0.2) is 37.7 Å². The molecule has 1 unspecified atom stereocenters. The van der Waals surface area contributed by atoms with E-state index in [2.05, 4.69) is 27.7 Å². The van der Waals surface area contributed by atoms with Crippen LogP contribution in [0.3, 0.4) is 0 Å². The molecule has 0 amide bonds. The summed E-state index contributed by atoms with van der Waals surface area (Å²) in [5, 5.41) is 20.8. The minimum Gasteiger partial charge on any atom is -0.396 e. The summed E-state index contributed by atoms with van der Waals surface area (Å²) in [5.74, 6) is 2.86. The lowest BCUT2D eigenvalue weighted by Gasteiger charge is -2.07. The van der Waals surface area contributed by atoms with Crippen molar-refractivity contribution >= 4 is 11.8 Å². The van der Waals surface area contributed by atoms with Gasteiger partial charge in [0.1, 0.15) is 0 Å². The number of nitrogens with zero attached hydrogens (tertiary/aromatic N) is 4. The van der Waals surface area contributed by atoms with Crippen molar-refractivity contribution in [3.63, 3.8) is 0 Å². The lowest BCUT2D eigenvalue weighted by atomic mass is 10.2. The lowest BCUT2D eigenvalue weighted by Crippen LogP contribution is -2.08. The minimum atomic E-state index is 0.224. The van der Waals surface area contributed by atoms with Gasteiger partial charge in [-0.2, -0.15) is 11.8 Å². The smallest absolute Gasteiger partial charge is 0.161 e. The van der Waals surface area contributed by atoms with Gasteiger partial charge < -0.3 is 5.11 Å². The van der Waals surface area contributed by atoms with Crippen molar-refractivity contribution in [3.05, 3.63) is 41.7 Å². The van der Waals surface area contributed by atoms with Crippen LogP contribution in [0.4, 0.5) is 0 Å². The van der Waals surface area contributed by atoms with Crippen LogP contribution < -0.4 is 0 Å². The summed E-state index contributed by atoms with van der Waals surface area (Å²) >= 11 is 1.75. The van der Waals surface area contributed by atoms with Gasteiger partial charge in [-0.1, -0.05) is 37.3 Å². The van der Waals surface area contributed by atoms with Gasteiger partial charge in [-0.3, -0.25) is 0 Å². The molecule has 5 nitrogen and oxygen atoms in total. The minimum absolute atomic E-state index is 0.224. The highest BCUT2D eigenvalue weighted by molar-refractivity contribution is 7.98. The Morgan fingerprint density at radius 2 is 2.11 bits per heavy atom. The Morgan fingerprint density at radius 3 is 2.84 bits per heavy atom. The first kappa shape index (κ1) is 14.0. The van der Waals surface area contributed by atoms with E-state index >= 15 is 0 Å². The zero-order valence-corrected chi connectivity index (χ0v) is 11.8. The second-order valence-electron chi connectivity index (χ2n) is 4.54. The predicted octanol–water partition coefficient (Wildman–Crippen LogP) is 1.58. The van der Waals surface area contributed by atoms with Crippen LogP contribution in [-0.2, 0) is 12.3 Å². The first-order valence-corrected chi connectivity index (χ1v) is 7.42. The normalized spacial score (nSPS) is 12.5. The highest BCUT2D eigenvalue weighted by Crippen LogP contribution is 2.14. The summed E-state index contributed by atoms with van der Waals surface area (Å²) in [4.78, 5) is 0. The van der Waals surface area contributed by atoms with Gasteiger partial charge in [0.2, 0.25) is 0 Å². The highest BCUT2D eigenvalue weighted by atomic mass is 32.2. The Bertz CT molecular complexity index is 488. The zero-order valence-electron chi connectivity index (χ0n) is 10.9. The summed E-state index contributed by atoms with van der Waals surface area (Å²) in [6.45, 7) is 2.95. The number of tetrazole rings is 1. The number of hydrogen-bond donors (Lipinski definition) is 1. The molecule has 102 valence electrons. The topological polar surface area (TPSA) is 63.8 Å². The third-order valence-corrected chi connectivity index (χ3v) is 3.99. The largest absolute Gasteiger partial charge is 0.396 e. The average Bonchev–Trinajstić information content (AvgIpc) is 2.87. The molecule has 19 heavy (non-hydrogen) atoms. The van der Waals surface area contributed by atoms with E-state index in [9.17, 15) is 0 Å². The molecule has 0 spiro atoms. The maximum atomic E-state index is 8.98. The SMILES string of the molecule is CC(CO)CSCc1nnnn1Cc1ccccc1. The molecule has 0 radical (unpaired) electrons. The van der Waals surface area contributed by atoms with Crippen LogP contribution in [0.15, 0.2) is 30.3 Å². The van der Waals surface area contributed by atoms with Crippen LogP contribution in [0.2, 0.25) is 0 Å². The summed E-state index contributed by atoms with van der Waals surface area (Å²) < 4.78 is 1.83. The Hall–Kier alpha value is -1.40. The molecule has 2 aromatic rings. The fourth-order valence-corrected chi connectivity index (χ4v) is 2.62. The van der Waals surface area contributed by atoms with E-state index in [1.165, 1.54) is 5.56 Å². The fraction of sp³-hybridized carbons (Fsp3) is 0.462. The molecule has 0 saturated heterocycles. The molecule has 1 N–H and O–H groups in total. The average molecular weight is 278 g/mol. The van der Waals surface area contributed by atoms with Crippen LogP contribution in [0.5, 0.6) is 0 Å². The maximum Gasteiger partial charge on any atom is 0.161 e. The van der Waals surface area contributed by atoms with Gasteiger partial charge in [-0.15, -0.1) is 5.10 Å². The Labute approximate surface area is 117 Å². The van der Waals surface area contributed by atoms with Gasteiger partial charge >= 0.3 is 0 Å². The van der Waals surface area contributed by atoms with E-state index in [4.69, 9.17) is 5.11 Å². The molecule has 2 rings (SSSR count). The van der Waals surface area contributed by atoms with Crippen molar-refractivity contribution in [3.8, 4) is 0 Å². The molecule has 1 aromatic carbocycles. The van der Waals surface area contributed by atoms with Gasteiger partial charge in [0.25, 0.3) is 0 Å². The summed E-state index contributed by atoms with van der Waals surface area (Å²) in [6.07, 6.45) is 0. The molecule has 1 heterocycles. The van der Waals surface area contributed by atoms with E-state index < -0.39 is 0 Å². The number of aromatic nitrogens is 4. The lowest BCUT2D eigenvalue weighted by molar-refractivity contribution is 0.250. The Kier molecular flexibility index (Phi) is 5.35. The van der Waals surface area contributed by atoms with Crippen LogP contribution in [0, 0.1) is 5.92 Å². The van der Waals surface area contributed by atoms with Crippen LogP contribution in [0.1, 0.15) is 18.3 Å². The van der Waals surface area contributed by atoms with Gasteiger partial charge in [0.15, 0.2) is 5.82 Å². The predicted molar refractivity (Wildman–Crippen MR) is 75.8 cm³/mol. The molecule has 0 saturated carbocycles. The van der Waals surface area contributed by atoms with Gasteiger partial charge in [0.05, 0.1) is 12.3 Å². The van der Waals surface area contributed by atoms with Crippen molar-refractivity contribution in [1.29, 1.82) is 0 Å². The van der Waals surface area contributed by atoms with E-state index in [-0.39, 0.29) is 6.61 Å². The third kappa shape index (κ3) is 4.33. The second-order valence-corrected chi connectivity index (χ2v) is 5.57. The van der Waals surface area contributed by atoms with Crippen LogP contribution in [0.25, 0.3) is 0 Å². The molecular formula is C13H18N4OS. The number of hydrogen-bond acceptors (Lipinski definition) is 5. The molecule has 1 aromatic heterocycles. The molecule has 0 bridgehead atoms. The number of rotatable bonds is 7. The number of aliphatic hydroxyl groups is 1. The Morgan fingerprint density at radius 1 is 1.32 bits per heavy atom. The molecule has 0 aliphatic rings. The molecule has 0 aliphatic heterocycles. The first-order chi connectivity index (χ1) is 9.29. The highest BCUT2D eigenvalue weighted by Gasteiger charge is 2.08. The monoisotopic (exact) mass is 278 g/mol. The third-order valence-electron chi connectivity index (χ3n) is 2.73. The molecule has 6 heteroatoms. The van der Waals surface area contributed by atoms with Crippen molar-refractivity contribution in [2.45, 2.75) is 19.2 Å². The molecule has 0 aliphatic carbocycles. The summed E-state index contributed by atoms with van der Waals surface area (Å²) in [6, 6.07) is 10.1.